The number of sulfonamides is 1. The zero-order chi connectivity index (χ0) is 19.3. The van der Waals surface area contributed by atoms with Crippen molar-refractivity contribution < 1.29 is 13.2 Å². The van der Waals surface area contributed by atoms with Crippen LogP contribution in [0.1, 0.15) is 30.8 Å². The molecular formula is C18H26N4O3S. The molecule has 2 rings (SSSR count). The maximum Gasteiger partial charge on any atom is 0.246 e. The molecule has 0 fully saturated rings. The summed E-state index contributed by atoms with van der Waals surface area (Å²) in [7, 11) is -3.61. The Morgan fingerprint density at radius 3 is 2.35 bits per heavy atom. The third kappa shape index (κ3) is 4.31. The average molecular weight is 378 g/mol. The first-order chi connectivity index (χ1) is 12.3. The van der Waals surface area contributed by atoms with E-state index in [0.29, 0.717) is 31.0 Å². The summed E-state index contributed by atoms with van der Waals surface area (Å²) < 4.78 is 28.5. The first-order valence-corrected chi connectivity index (χ1v) is 10.1. The highest BCUT2D eigenvalue weighted by Crippen LogP contribution is 2.23. The van der Waals surface area contributed by atoms with Gasteiger partial charge in [0.2, 0.25) is 15.9 Å². The fourth-order valence-electron chi connectivity index (χ4n) is 2.89. The van der Waals surface area contributed by atoms with Crippen molar-refractivity contribution in [1.29, 1.82) is 0 Å². The molecule has 1 aromatic carbocycles. The highest BCUT2D eigenvalue weighted by atomic mass is 32.2. The van der Waals surface area contributed by atoms with Crippen LogP contribution in [0.4, 0.5) is 0 Å². The lowest BCUT2D eigenvalue weighted by atomic mass is 10.2. The Morgan fingerprint density at radius 1 is 1.15 bits per heavy atom. The van der Waals surface area contributed by atoms with Crippen molar-refractivity contribution in [1.82, 2.24) is 19.4 Å². The van der Waals surface area contributed by atoms with Crippen LogP contribution >= 0.6 is 0 Å². The molecule has 0 aliphatic heterocycles. The molecule has 0 aliphatic rings. The van der Waals surface area contributed by atoms with E-state index in [0.717, 1.165) is 5.56 Å². The molecule has 0 saturated heterocycles. The van der Waals surface area contributed by atoms with Crippen LogP contribution in [-0.4, -0.2) is 41.5 Å². The molecule has 0 radical (unpaired) electrons. The summed E-state index contributed by atoms with van der Waals surface area (Å²) in [5, 5.41) is 7.10. The third-order valence-corrected chi connectivity index (χ3v) is 6.55. The fraction of sp³-hybridized carbons (Fsp3) is 0.444. The van der Waals surface area contributed by atoms with Crippen LogP contribution in [-0.2, 0) is 27.9 Å². The van der Waals surface area contributed by atoms with Gasteiger partial charge in [-0.25, -0.2) is 8.42 Å². The predicted molar refractivity (Wildman–Crippen MR) is 100 cm³/mol. The molecule has 0 unspecified atom stereocenters. The number of nitrogens with one attached hydrogen (secondary N) is 1. The molecule has 0 saturated carbocycles. The van der Waals surface area contributed by atoms with E-state index >= 15 is 0 Å². The van der Waals surface area contributed by atoms with Gasteiger partial charge in [-0.05, 0) is 19.4 Å². The van der Waals surface area contributed by atoms with E-state index in [4.69, 9.17) is 0 Å². The van der Waals surface area contributed by atoms with Crippen LogP contribution in [0.3, 0.4) is 0 Å². The van der Waals surface area contributed by atoms with Gasteiger partial charge < -0.3 is 5.32 Å². The number of benzene rings is 1. The van der Waals surface area contributed by atoms with Gasteiger partial charge in [-0.2, -0.15) is 9.40 Å². The molecule has 1 aromatic heterocycles. The van der Waals surface area contributed by atoms with Gasteiger partial charge >= 0.3 is 0 Å². The zero-order valence-corrected chi connectivity index (χ0v) is 16.5. The van der Waals surface area contributed by atoms with Crippen molar-refractivity contribution in [2.24, 2.45) is 0 Å². The minimum absolute atomic E-state index is 0.0206. The lowest BCUT2D eigenvalue weighted by Gasteiger charge is -2.18. The molecule has 0 bridgehead atoms. The molecule has 8 heteroatoms. The Bertz CT molecular complexity index is 856. The first kappa shape index (κ1) is 20.1. The van der Waals surface area contributed by atoms with Crippen LogP contribution < -0.4 is 5.32 Å². The number of carbonyl (C=O) groups excluding carboxylic acids is 1. The predicted octanol–water partition coefficient (Wildman–Crippen LogP) is 1.85. The van der Waals surface area contributed by atoms with E-state index in [1.807, 2.05) is 30.3 Å². The van der Waals surface area contributed by atoms with Crippen LogP contribution in [0.5, 0.6) is 0 Å². The number of carbonyl (C=O) groups is 1. The van der Waals surface area contributed by atoms with E-state index < -0.39 is 10.0 Å². The van der Waals surface area contributed by atoms with E-state index in [2.05, 4.69) is 10.4 Å². The second kappa shape index (κ2) is 8.46. The summed E-state index contributed by atoms with van der Waals surface area (Å²) in [6, 6.07) is 9.59. The van der Waals surface area contributed by atoms with Gasteiger partial charge in [-0.1, -0.05) is 44.2 Å². The largest absolute Gasteiger partial charge is 0.350 e. The summed E-state index contributed by atoms with van der Waals surface area (Å²) in [6.07, 6.45) is 0. The van der Waals surface area contributed by atoms with E-state index in [9.17, 15) is 13.2 Å². The van der Waals surface area contributed by atoms with Gasteiger partial charge in [-0.15, -0.1) is 0 Å². The Kier molecular flexibility index (Phi) is 6.55. The standard InChI is InChI=1S/C18H26N4O3S/c1-5-21(6-2)26(24,25)18-14(3)20-22(15(18)4)13-17(23)19-12-16-10-8-7-9-11-16/h7-11H,5-6,12-13H2,1-4H3,(H,19,23). The van der Waals surface area contributed by atoms with Gasteiger partial charge in [-0.3, -0.25) is 9.48 Å². The summed E-state index contributed by atoms with van der Waals surface area (Å²) in [4.78, 5) is 12.4. The first-order valence-electron chi connectivity index (χ1n) is 8.66. The molecule has 0 aliphatic carbocycles. The van der Waals surface area contributed by atoms with Crippen molar-refractivity contribution in [2.75, 3.05) is 13.1 Å². The van der Waals surface area contributed by atoms with Gasteiger partial charge in [0.05, 0.1) is 11.4 Å². The highest BCUT2D eigenvalue weighted by Gasteiger charge is 2.29. The minimum atomic E-state index is -3.61. The molecular weight excluding hydrogens is 352 g/mol. The zero-order valence-electron chi connectivity index (χ0n) is 15.7. The summed E-state index contributed by atoms with van der Waals surface area (Å²) in [6.45, 7) is 8.11. The lowest BCUT2D eigenvalue weighted by Crippen LogP contribution is -2.31. The summed E-state index contributed by atoms with van der Waals surface area (Å²) in [5.74, 6) is -0.216. The number of nitrogens with zero attached hydrogens (tertiary/aromatic N) is 3. The van der Waals surface area contributed by atoms with E-state index in [-0.39, 0.29) is 17.3 Å². The van der Waals surface area contributed by atoms with Crippen LogP contribution in [0, 0.1) is 13.8 Å². The molecule has 1 N–H and O–H groups in total. The smallest absolute Gasteiger partial charge is 0.246 e. The highest BCUT2D eigenvalue weighted by molar-refractivity contribution is 7.89. The average Bonchev–Trinajstić information content (AvgIpc) is 2.89. The van der Waals surface area contributed by atoms with E-state index in [1.165, 1.54) is 8.99 Å². The Balaban J connectivity index is 2.15. The van der Waals surface area contributed by atoms with Gasteiger partial charge in [0.25, 0.3) is 0 Å². The molecule has 7 nitrogen and oxygen atoms in total. The molecule has 0 spiro atoms. The fourth-order valence-corrected chi connectivity index (χ4v) is 4.72. The second-order valence-corrected chi connectivity index (χ2v) is 7.88. The number of amides is 1. The van der Waals surface area contributed by atoms with Crippen molar-refractivity contribution in [3.05, 3.63) is 47.3 Å². The van der Waals surface area contributed by atoms with Crippen LogP contribution in [0.25, 0.3) is 0 Å². The topological polar surface area (TPSA) is 84.3 Å². The van der Waals surface area contributed by atoms with Gasteiger partial charge in [0.1, 0.15) is 11.4 Å². The number of aryl methyl sites for hydroxylation is 1. The monoisotopic (exact) mass is 378 g/mol. The van der Waals surface area contributed by atoms with Crippen molar-refractivity contribution in [3.8, 4) is 0 Å². The molecule has 26 heavy (non-hydrogen) atoms. The molecule has 1 amide bonds. The number of aromatic nitrogens is 2. The maximum absolute atomic E-state index is 12.8. The molecule has 2 aromatic rings. The normalized spacial score (nSPS) is 11.7. The molecule has 1 heterocycles. The van der Waals surface area contributed by atoms with Crippen molar-refractivity contribution in [3.63, 3.8) is 0 Å². The summed E-state index contributed by atoms with van der Waals surface area (Å²) >= 11 is 0. The minimum Gasteiger partial charge on any atom is -0.350 e. The SMILES string of the molecule is CCN(CC)S(=O)(=O)c1c(C)nn(CC(=O)NCc2ccccc2)c1C. The number of hydrogen-bond donors (Lipinski definition) is 1. The van der Waals surface area contributed by atoms with Gasteiger partial charge in [0.15, 0.2) is 0 Å². The maximum atomic E-state index is 12.8. The lowest BCUT2D eigenvalue weighted by molar-refractivity contribution is -0.122. The van der Waals surface area contributed by atoms with E-state index in [1.54, 1.807) is 27.7 Å². The Labute approximate surface area is 155 Å². The summed E-state index contributed by atoms with van der Waals surface area (Å²) in [5.41, 5.74) is 1.88. The number of rotatable bonds is 8. The number of hydrogen-bond acceptors (Lipinski definition) is 4. The Hall–Kier alpha value is -2.19. The third-order valence-electron chi connectivity index (χ3n) is 4.24. The van der Waals surface area contributed by atoms with Gasteiger partial charge in [0, 0.05) is 19.6 Å². The molecule has 0 atom stereocenters. The van der Waals surface area contributed by atoms with Crippen molar-refractivity contribution >= 4 is 15.9 Å². The van der Waals surface area contributed by atoms with Crippen molar-refractivity contribution in [2.45, 2.75) is 45.7 Å². The second-order valence-electron chi connectivity index (χ2n) is 6.01. The Morgan fingerprint density at radius 2 is 1.77 bits per heavy atom. The van der Waals surface area contributed by atoms with Crippen LogP contribution in [0.15, 0.2) is 35.2 Å². The molecule has 142 valence electrons. The quantitative estimate of drug-likeness (QED) is 0.760. The van der Waals surface area contributed by atoms with Crippen LogP contribution in [0.2, 0.25) is 0 Å².